The molecule has 1 fully saturated rings. The smallest absolute Gasteiger partial charge is 0.325 e. The van der Waals surface area contributed by atoms with Crippen molar-refractivity contribution >= 4 is 29.7 Å². The van der Waals surface area contributed by atoms with Gasteiger partial charge in [0.15, 0.2) is 0 Å². The Balaban J connectivity index is 2.66. The number of carbonyl (C=O) groups is 5. The van der Waals surface area contributed by atoms with E-state index in [9.17, 15) is 24.0 Å². The molecular formula is C16H26N4O7. The standard InChI is InChI=1S/C16H26N4O7/c1-8(18-14(24)10-4-3-7-17-10)13(23)20-11(5-6-12(21)22)15(25)19-9(2)16(26)27/h8-11,17H,3-7H2,1-2H3,(H,18,24)(H,19,25)(H,20,23)(H,21,22)(H,26,27). The van der Waals surface area contributed by atoms with Crippen LogP contribution in [0.4, 0.5) is 0 Å². The third-order valence-corrected chi connectivity index (χ3v) is 4.14. The van der Waals surface area contributed by atoms with Gasteiger partial charge in [0, 0.05) is 6.42 Å². The van der Waals surface area contributed by atoms with Crippen molar-refractivity contribution in [2.45, 2.75) is 63.7 Å². The zero-order valence-corrected chi connectivity index (χ0v) is 15.3. The van der Waals surface area contributed by atoms with E-state index in [4.69, 9.17) is 10.2 Å². The predicted molar refractivity (Wildman–Crippen MR) is 92.7 cm³/mol. The number of hydrogen-bond acceptors (Lipinski definition) is 6. The molecule has 1 heterocycles. The summed E-state index contributed by atoms with van der Waals surface area (Å²) in [5.41, 5.74) is 0. The monoisotopic (exact) mass is 386 g/mol. The van der Waals surface area contributed by atoms with E-state index in [0.717, 1.165) is 13.0 Å². The number of carboxylic acid groups (broad SMARTS) is 2. The van der Waals surface area contributed by atoms with Gasteiger partial charge in [-0.15, -0.1) is 0 Å². The van der Waals surface area contributed by atoms with Gasteiger partial charge in [0.1, 0.15) is 18.1 Å². The van der Waals surface area contributed by atoms with Crippen LogP contribution in [0.25, 0.3) is 0 Å². The summed E-state index contributed by atoms with van der Waals surface area (Å²) >= 11 is 0. The minimum absolute atomic E-state index is 0.218. The molecule has 0 aromatic heterocycles. The van der Waals surface area contributed by atoms with Gasteiger partial charge in [-0.3, -0.25) is 24.0 Å². The van der Waals surface area contributed by atoms with Crippen molar-refractivity contribution in [3.63, 3.8) is 0 Å². The predicted octanol–water partition coefficient (Wildman–Crippen LogP) is -1.82. The molecule has 1 saturated heterocycles. The van der Waals surface area contributed by atoms with E-state index in [1.807, 2.05) is 0 Å². The highest BCUT2D eigenvalue weighted by Crippen LogP contribution is 2.05. The third kappa shape index (κ3) is 7.60. The van der Waals surface area contributed by atoms with Gasteiger partial charge in [0.05, 0.1) is 6.04 Å². The number of hydrogen-bond donors (Lipinski definition) is 6. The number of carbonyl (C=O) groups excluding carboxylic acids is 3. The molecule has 3 amide bonds. The lowest BCUT2D eigenvalue weighted by atomic mass is 10.1. The van der Waals surface area contributed by atoms with E-state index in [1.54, 1.807) is 0 Å². The summed E-state index contributed by atoms with van der Waals surface area (Å²) in [6.07, 6.45) is 0.908. The Morgan fingerprint density at radius 2 is 1.67 bits per heavy atom. The van der Waals surface area contributed by atoms with E-state index >= 15 is 0 Å². The largest absolute Gasteiger partial charge is 0.481 e. The van der Waals surface area contributed by atoms with Gasteiger partial charge in [-0.1, -0.05) is 0 Å². The molecule has 27 heavy (non-hydrogen) atoms. The van der Waals surface area contributed by atoms with Gasteiger partial charge >= 0.3 is 11.9 Å². The Labute approximate surface area is 156 Å². The molecule has 1 aliphatic heterocycles. The number of amides is 3. The lowest BCUT2D eigenvalue weighted by Gasteiger charge is -2.22. The van der Waals surface area contributed by atoms with Crippen LogP contribution >= 0.6 is 0 Å². The van der Waals surface area contributed by atoms with E-state index in [2.05, 4.69) is 21.3 Å². The van der Waals surface area contributed by atoms with E-state index in [0.29, 0.717) is 6.42 Å². The van der Waals surface area contributed by atoms with Crippen LogP contribution in [0.15, 0.2) is 0 Å². The molecule has 0 aromatic carbocycles. The first-order chi connectivity index (χ1) is 12.6. The van der Waals surface area contributed by atoms with Crippen LogP contribution in [0, 0.1) is 0 Å². The zero-order valence-electron chi connectivity index (χ0n) is 15.3. The molecule has 4 atom stereocenters. The van der Waals surface area contributed by atoms with Crippen molar-refractivity contribution in [2.75, 3.05) is 6.54 Å². The van der Waals surface area contributed by atoms with Crippen LogP contribution in [0.3, 0.4) is 0 Å². The summed E-state index contributed by atoms with van der Waals surface area (Å²) in [5.74, 6) is -4.25. The second-order valence-corrected chi connectivity index (χ2v) is 6.44. The number of nitrogens with one attached hydrogen (secondary N) is 4. The summed E-state index contributed by atoms with van der Waals surface area (Å²) in [5, 5.41) is 27.7. The molecule has 11 heteroatoms. The fraction of sp³-hybridized carbons (Fsp3) is 0.688. The SMILES string of the molecule is CC(NC(=O)C(CCC(=O)O)NC(=O)C(C)NC(=O)C1CCCN1)C(=O)O. The van der Waals surface area contributed by atoms with Crippen LogP contribution in [-0.4, -0.2) is 70.6 Å². The van der Waals surface area contributed by atoms with Gasteiger partial charge in [0.25, 0.3) is 0 Å². The molecule has 11 nitrogen and oxygen atoms in total. The highest BCUT2D eigenvalue weighted by molar-refractivity contribution is 5.94. The molecule has 4 unspecified atom stereocenters. The quantitative estimate of drug-likeness (QED) is 0.254. The molecule has 0 aromatic rings. The van der Waals surface area contributed by atoms with Crippen molar-refractivity contribution in [3.8, 4) is 0 Å². The van der Waals surface area contributed by atoms with Crippen molar-refractivity contribution in [1.82, 2.24) is 21.3 Å². The minimum Gasteiger partial charge on any atom is -0.481 e. The van der Waals surface area contributed by atoms with E-state index in [-0.39, 0.29) is 18.4 Å². The summed E-state index contributed by atoms with van der Waals surface area (Å²) in [4.78, 5) is 58.1. The maximum absolute atomic E-state index is 12.3. The second-order valence-electron chi connectivity index (χ2n) is 6.44. The molecule has 1 rings (SSSR count). The topological polar surface area (TPSA) is 174 Å². The first-order valence-electron chi connectivity index (χ1n) is 8.71. The highest BCUT2D eigenvalue weighted by atomic mass is 16.4. The fourth-order valence-electron chi connectivity index (χ4n) is 2.50. The Morgan fingerprint density at radius 3 is 2.19 bits per heavy atom. The molecular weight excluding hydrogens is 360 g/mol. The lowest BCUT2D eigenvalue weighted by Crippen LogP contribution is -2.56. The molecule has 6 N–H and O–H groups in total. The fourth-order valence-corrected chi connectivity index (χ4v) is 2.50. The zero-order chi connectivity index (χ0) is 20.6. The second kappa shape index (κ2) is 10.5. The Hall–Kier alpha value is -2.69. The molecule has 152 valence electrons. The third-order valence-electron chi connectivity index (χ3n) is 4.14. The van der Waals surface area contributed by atoms with Crippen molar-refractivity contribution in [1.29, 1.82) is 0 Å². The Kier molecular flexibility index (Phi) is 8.66. The Morgan fingerprint density at radius 1 is 1.00 bits per heavy atom. The average molecular weight is 386 g/mol. The van der Waals surface area contributed by atoms with Crippen LogP contribution < -0.4 is 21.3 Å². The van der Waals surface area contributed by atoms with Crippen LogP contribution in [-0.2, 0) is 24.0 Å². The molecule has 1 aliphatic rings. The highest BCUT2D eigenvalue weighted by Gasteiger charge is 2.29. The van der Waals surface area contributed by atoms with Gasteiger partial charge in [-0.2, -0.15) is 0 Å². The molecule has 0 aliphatic carbocycles. The number of carboxylic acids is 2. The van der Waals surface area contributed by atoms with Gasteiger partial charge in [-0.25, -0.2) is 0 Å². The van der Waals surface area contributed by atoms with E-state index in [1.165, 1.54) is 13.8 Å². The van der Waals surface area contributed by atoms with E-state index < -0.39 is 48.3 Å². The number of rotatable bonds is 10. The number of aliphatic carboxylic acids is 2. The first-order valence-corrected chi connectivity index (χ1v) is 8.71. The summed E-state index contributed by atoms with van der Waals surface area (Å²) < 4.78 is 0. The van der Waals surface area contributed by atoms with Crippen LogP contribution in [0.2, 0.25) is 0 Å². The molecule has 0 saturated carbocycles. The van der Waals surface area contributed by atoms with Crippen molar-refractivity contribution < 1.29 is 34.2 Å². The van der Waals surface area contributed by atoms with Crippen molar-refractivity contribution in [3.05, 3.63) is 0 Å². The summed E-state index contributed by atoms with van der Waals surface area (Å²) in [7, 11) is 0. The van der Waals surface area contributed by atoms with Crippen LogP contribution in [0.1, 0.15) is 39.5 Å². The van der Waals surface area contributed by atoms with Gasteiger partial charge in [0.2, 0.25) is 17.7 Å². The molecule has 0 radical (unpaired) electrons. The maximum atomic E-state index is 12.3. The molecule has 0 spiro atoms. The summed E-state index contributed by atoms with van der Waals surface area (Å²) in [6, 6.07) is -3.76. The maximum Gasteiger partial charge on any atom is 0.325 e. The van der Waals surface area contributed by atoms with Gasteiger partial charge in [-0.05, 0) is 39.7 Å². The average Bonchev–Trinajstić information content (AvgIpc) is 3.12. The lowest BCUT2D eigenvalue weighted by molar-refractivity contribution is -0.142. The van der Waals surface area contributed by atoms with Gasteiger partial charge < -0.3 is 31.5 Å². The normalized spacial score (nSPS) is 19.4. The first kappa shape index (κ1) is 22.4. The molecule has 0 bridgehead atoms. The van der Waals surface area contributed by atoms with Crippen molar-refractivity contribution in [2.24, 2.45) is 0 Å². The van der Waals surface area contributed by atoms with Crippen LogP contribution in [0.5, 0.6) is 0 Å². The Bertz CT molecular complexity index is 589. The minimum atomic E-state index is -1.27. The summed E-state index contributed by atoms with van der Waals surface area (Å²) in [6.45, 7) is 3.40.